The maximum absolute atomic E-state index is 6.11. The number of fused-ring (bicyclic) bond motifs is 1. The van der Waals surface area contributed by atoms with E-state index in [4.69, 9.17) is 11.6 Å². The summed E-state index contributed by atoms with van der Waals surface area (Å²) in [6, 6.07) is 14.3. The Balaban J connectivity index is 2.34. The largest absolute Gasteiger partial charge is 0.159 e. The van der Waals surface area contributed by atoms with Crippen molar-refractivity contribution in [2.45, 2.75) is 13.8 Å². The van der Waals surface area contributed by atoms with Crippen LogP contribution in [0.3, 0.4) is 0 Å². The van der Waals surface area contributed by atoms with Crippen LogP contribution in [0.25, 0.3) is 22.0 Å². The van der Waals surface area contributed by atoms with Crippen LogP contribution in [0.5, 0.6) is 0 Å². The number of nitrogens with zero attached hydrogens (tertiary/aromatic N) is 2. The van der Waals surface area contributed by atoms with Crippen LogP contribution in [0.15, 0.2) is 42.5 Å². The fourth-order valence-corrected chi connectivity index (χ4v) is 2.55. The molecular weight excluding hydrogens is 256 g/mol. The highest BCUT2D eigenvalue weighted by molar-refractivity contribution is 6.34. The molecule has 0 saturated carbocycles. The Bertz CT molecular complexity index is 766. The molecule has 0 unspecified atom stereocenters. The number of rotatable bonds is 1. The van der Waals surface area contributed by atoms with E-state index in [2.05, 4.69) is 42.2 Å². The van der Waals surface area contributed by atoms with Crippen LogP contribution in [0, 0.1) is 13.8 Å². The lowest BCUT2D eigenvalue weighted by Crippen LogP contribution is -1.93. The maximum atomic E-state index is 6.11. The molecule has 0 bridgehead atoms. The molecule has 0 spiro atoms. The third kappa shape index (κ3) is 2.08. The molecule has 3 rings (SSSR count). The van der Waals surface area contributed by atoms with Crippen LogP contribution in [0.4, 0.5) is 0 Å². The lowest BCUT2D eigenvalue weighted by atomic mass is 9.99. The van der Waals surface area contributed by atoms with E-state index in [1.807, 2.05) is 24.3 Å². The summed E-state index contributed by atoms with van der Waals surface area (Å²) in [5, 5.41) is 10.8. The Kier molecular flexibility index (Phi) is 2.96. The van der Waals surface area contributed by atoms with Crippen molar-refractivity contribution in [3.8, 4) is 11.3 Å². The van der Waals surface area contributed by atoms with E-state index in [1.54, 1.807) is 0 Å². The fourth-order valence-electron chi connectivity index (χ4n) is 2.35. The van der Waals surface area contributed by atoms with E-state index >= 15 is 0 Å². The zero-order chi connectivity index (χ0) is 13.4. The highest BCUT2D eigenvalue weighted by atomic mass is 35.5. The minimum Gasteiger partial charge on any atom is -0.148 e. The Morgan fingerprint density at radius 2 is 1.63 bits per heavy atom. The first kappa shape index (κ1) is 12.1. The minimum absolute atomic E-state index is 0.448. The van der Waals surface area contributed by atoms with Crippen molar-refractivity contribution < 1.29 is 0 Å². The molecule has 0 fully saturated rings. The van der Waals surface area contributed by atoms with Gasteiger partial charge in [-0.2, -0.15) is 0 Å². The average Bonchev–Trinajstić information content (AvgIpc) is 2.41. The summed E-state index contributed by atoms with van der Waals surface area (Å²) in [6.45, 7) is 4.18. The van der Waals surface area contributed by atoms with E-state index in [0.717, 1.165) is 22.0 Å². The van der Waals surface area contributed by atoms with Gasteiger partial charge in [0, 0.05) is 16.3 Å². The predicted molar refractivity (Wildman–Crippen MR) is 79.5 cm³/mol. The van der Waals surface area contributed by atoms with Crippen LogP contribution >= 0.6 is 11.6 Å². The number of aromatic nitrogens is 2. The minimum atomic E-state index is 0.448. The highest BCUT2D eigenvalue weighted by Crippen LogP contribution is 2.31. The van der Waals surface area contributed by atoms with Gasteiger partial charge in [0.05, 0.1) is 0 Å². The van der Waals surface area contributed by atoms with Crippen LogP contribution in [0.2, 0.25) is 5.15 Å². The summed E-state index contributed by atoms with van der Waals surface area (Å²) in [5.74, 6) is 0. The maximum Gasteiger partial charge on any atom is 0.159 e. The summed E-state index contributed by atoms with van der Waals surface area (Å²) in [7, 11) is 0. The van der Waals surface area contributed by atoms with Gasteiger partial charge in [-0.05, 0) is 19.4 Å². The van der Waals surface area contributed by atoms with Crippen LogP contribution in [-0.4, -0.2) is 10.2 Å². The first-order chi connectivity index (χ1) is 9.16. The van der Waals surface area contributed by atoms with E-state index in [1.165, 1.54) is 11.1 Å². The first-order valence-corrected chi connectivity index (χ1v) is 6.53. The monoisotopic (exact) mass is 268 g/mol. The Morgan fingerprint density at radius 1 is 0.895 bits per heavy atom. The summed E-state index contributed by atoms with van der Waals surface area (Å²) in [6.07, 6.45) is 0. The van der Waals surface area contributed by atoms with Crippen LogP contribution < -0.4 is 0 Å². The Labute approximate surface area is 117 Å². The molecule has 94 valence electrons. The van der Waals surface area contributed by atoms with Gasteiger partial charge in [-0.25, -0.2) is 0 Å². The third-order valence-corrected chi connectivity index (χ3v) is 3.56. The van der Waals surface area contributed by atoms with Gasteiger partial charge in [0.25, 0.3) is 0 Å². The van der Waals surface area contributed by atoms with Crippen LogP contribution in [0.1, 0.15) is 11.1 Å². The molecule has 0 aliphatic heterocycles. The molecular formula is C16H13ClN2. The zero-order valence-electron chi connectivity index (χ0n) is 10.8. The topological polar surface area (TPSA) is 25.8 Å². The molecule has 0 atom stereocenters. The van der Waals surface area contributed by atoms with E-state index < -0.39 is 0 Å². The molecule has 0 amide bonds. The van der Waals surface area contributed by atoms with Crippen molar-refractivity contribution >= 4 is 22.4 Å². The van der Waals surface area contributed by atoms with Gasteiger partial charge in [-0.1, -0.05) is 59.6 Å². The Hall–Kier alpha value is -1.93. The van der Waals surface area contributed by atoms with Crippen molar-refractivity contribution in [2.75, 3.05) is 0 Å². The SMILES string of the molecule is Cc1ccc(-c2nnc(Cl)c3ccccc23)c(C)c1. The first-order valence-electron chi connectivity index (χ1n) is 6.15. The third-order valence-electron chi connectivity index (χ3n) is 3.28. The highest BCUT2D eigenvalue weighted by Gasteiger charge is 2.11. The average molecular weight is 269 g/mol. The number of benzene rings is 2. The van der Waals surface area contributed by atoms with Gasteiger partial charge in [0.2, 0.25) is 0 Å². The fraction of sp³-hybridized carbons (Fsp3) is 0.125. The molecule has 3 aromatic rings. The van der Waals surface area contributed by atoms with Crippen LogP contribution in [-0.2, 0) is 0 Å². The second-order valence-corrected chi connectivity index (χ2v) is 5.06. The zero-order valence-corrected chi connectivity index (χ0v) is 11.6. The molecule has 1 aromatic heterocycles. The summed E-state index contributed by atoms with van der Waals surface area (Å²) >= 11 is 6.11. The van der Waals surface area contributed by atoms with E-state index in [9.17, 15) is 0 Å². The summed E-state index contributed by atoms with van der Waals surface area (Å²) < 4.78 is 0. The second-order valence-electron chi connectivity index (χ2n) is 4.70. The molecule has 0 saturated heterocycles. The number of hydrogen-bond acceptors (Lipinski definition) is 2. The van der Waals surface area contributed by atoms with Gasteiger partial charge >= 0.3 is 0 Å². The predicted octanol–water partition coefficient (Wildman–Crippen LogP) is 4.57. The smallest absolute Gasteiger partial charge is 0.148 e. The molecule has 2 aromatic carbocycles. The normalized spacial score (nSPS) is 10.9. The van der Waals surface area contributed by atoms with Gasteiger partial charge < -0.3 is 0 Å². The van der Waals surface area contributed by atoms with E-state index in [-0.39, 0.29) is 0 Å². The van der Waals surface area contributed by atoms with Gasteiger partial charge in [-0.3, -0.25) is 0 Å². The van der Waals surface area contributed by atoms with E-state index in [0.29, 0.717) is 5.15 Å². The molecule has 1 heterocycles. The molecule has 0 aliphatic carbocycles. The molecule has 3 heteroatoms. The van der Waals surface area contributed by atoms with Crippen molar-refractivity contribution in [1.82, 2.24) is 10.2 Å². The number of hydrogen-bond donors (Lipinski definition) is 0. The lowest BCUT2D eigenvalue weighted by Gasteiger charge is -2.09. The molecule has 0 aliphatic rings. The number of halogens is 1. The quantitative estimate of drug-likeness (QED) is 0.646. The van der Waals surface area contributed by atoms with Crippen molar-refractivity contribution in [3.63, 3.8) is 0 Å². The van der Waals surface area contributed by atoms with Gasteiger partial charge in [0.15, 0.2) is 5.15 Å². The summed E-state index contributed by atoms with van der Waals surface area (Å²) in [4.78, 5) is 0. The van der Waals surface area contributed by atoms with Crippen molar-refractivity contribution in [2.24, 2.45) is 0 Å². The van der Waals surface area contributed by atoms with Crippen molar-refractivity contribution in [1.29, 1.82) is 0 Å². The van der Waals surface area contributed by atoms with Crippen molar-refractivity contribution in [3.05, 3.63) is 58.7 Å². The molecule has 0 radical (unpaired) electrons. The molecule has 0 N–H and O–H groups in total. The van der Waals surface area contributed by atoms with Gasteiger partial charge in [-0.15, -0.1) is 10.2 Å². The van der Waals surface area contributed by atoms with Gasteiger partial charge in [0.1, 0.15) is 5.69 Å². The standard InChI is InChI=1S/C16H13ClN2/c1-10-7-8-12(11(2)9-10)15-13-5-3-4-6-14(13)16(17)19-18-15/h3-9H,1-2H3. The second kappa shape index (κ2) is 4.63. The summed E-state index contributed by atoms with van der Waals surface area (Å²) in [5.41, 5.74) is 4.43. The number of aryl methyl sites for hydroxylation is 2. The molecule has 2 nitrogen and oxygen atoms in total. The lowest BCUT2D eigenvalue weighted by molar-refractivity contribution is 1.05. The molecule has 19 heavy (non-hydrogen) atoms. The Morgan fingerprint density at radius 3 is 2.37 bits per heavy atom.